The number of aromatic nitrogens is 4. The zero-order valence-corrected chi connectivity index (χ0v) is 13.0. The lowest BCUT2D eigenvalue weighted by molar-refractivity contribution is 0.129. The average molecular weight is 312 g/mol. The minimum absolute atomic E-state index is 0.162. The van der Waals surface area contributed by atoms with Crippen LogP contribution in [0.15, 0.2) is 9.95 Å². The molecule has 1 saturated heterocycles. The van der Waals surface area contributed by atoms with E-state index >= 15 is 0 Å². The lowest BCUT2D eigenvalue weighted by Gasteiger charge is -2.05. The Kier molecular flexibility index (Phi) is 3.70. The van der Waals surface area contributed by atoms with Crippen molar-refractivity contribution < 1.29 is 4.74 Å². The summed E-state index contributed by atoms with van der Waals surface area (Å²) in [6, 6.07) is 0. The van der Waals surface area contributed by atoms with Crippen LogP contribution in [-0.2, 0) is 18.8 Å². The number of nitrogens with zero attached hydrogens (tertiary/aromatic N) is 3. The molecule has 0 aromatic carbocycles. The zero-order valence-electron chi connectivity index (χ0n) is 11.4. The molecule has 0 unspecified atom stereocenters. The van der Waals surface area contributed by atoms with Gasteiger partial charge in [-0.2, -0.15) is 0 Å². The first-order valence-corrected chi connectivity index (χ1v) is 7.87. The fourth-order valence-corrected chi connectivity index (χ4v) is 3.47. The van der Waals surface area contributed by atoms with Gasteiger partial charge in [0.05, 0.1) is 6.10 Å². The molecule has 8 heteroatoms. The summed E-state index contributed by atoms with van der Waals surface area (Å²) in [5.74, 6) is 0.868. The van der Waals surface area contributed by atoms with Gasteiger partial charge < -0.3 is 9.72 Å². The molecule has 108 valence electrons. The summed E-state index contributed by atoms with van der Waals surface area (Å²) in [5, 5.41) is 0.780. The third kappa shape index (κ3) is 2.32. The highest BCUT2D eigenvalue weighted by molar-refractivity contribution is 7.99. The molecule has 1 atom stereocenters. The molecule has 1 fully saturated rings. The van der Waals surface area contributed by atoms with E-state index in [1.54, 1.807) is 25.9 Å². The lowest BCUT2D eigenvalue weighted by atomic mass is 10.3. The molecular formula is C12H16N4O2S2. The second-order valence-corrected chi connectivity index (χ2v) is 6.29. The van der Waals surface area contributed by atoms with Gasteiger partial charge in [-0.1, -0.05) is 24.0 Å². The van der Waals surface area contributed by atoms with Crippen LogP contribution in [0.25, 0.3) is 11.2 Å². The molecular weight excluding hydrogens is 296 g/mol. The van der Waals surface area contributed by atoms with Crippen molar-refractivity contribution in [3.63, 3.8) is 0 Å². The number of aryl methyl sites for hydroxylation is 1. The van der Waals surface area contributed by atoms with E-state index in [2.05, 4.69) is 9.97 Å². The summed E-state index contributed by atoms with van der Waals surface area (Å²) >= 11 is 6.90. The fraction of sp³-hybridized carbons (Fsp3) is 0.583. The van der Waals surface area contributed by atoms with Gasteiger partial charge in [0.25, 0.3) is 0 Å². The SMILES string of the molecule is Cn1c(=S)c2[nH]c(SC[C@H]3CCCO3)nc2n(C)c1=O. The van der Waals surface area contributed by atoms with E-state index < -0.39 is 0 Å². The maximum absolute atomic E-state index is 12.0. The van der Waals surface area contributed by atoms with E-state index in [9.17, 15) is 4.79 Å². The van der Waals surface area contributed by atoms with Gasteiger partial charge in [0.15, 0.2) is 10.8 Å². The lowest BCUT2D eigenvalue weighted by Crippen LogP contribution is -2.27. The Labute approximate surface area is 125 Å². The Bertz CT molecular complexity index is 755. The number of ether oxygens (including phenoxy) is 1. The van der Waals surface area contributed by atoms with Crippen LogP contribution in [-0.4, -0.2) is 37.6 Å². The Morgan fingerprint density at radius 2 is 2.30 bits per heavy atom. The van der Waals surface area contributed by atoms with Crippen molar-refractivity contribution in [1.82, 2.24) is 19.1 Å². The summed E-state index contributed by atoms with van der Waals surface area (Å²) in [5.41, 5.74) is 1.18. The topological polar surface area (TPSA) is 64.8 Å². The first kappa shape index (κ1) is 13.8. The first-order valence-electron chi connectivity index (χ1n) is 6.48. The van der Waals surface area contributed by atoms with Crippen molar-refractivity contribution in [3.05, 3.63) is 15.1 Å². The molecule has 0 amide bonds. The molecule has 6 nitrogen and oxygen atoms in total. The minimum atomic E-state index is -0.162. The fourth-order valence-electron chi connectivity index (χ4n) is 2.32. The molecule has 3 heterocycles. The van der Waals surface area contributed by atoms with E-state index in [-0.39, 0.29) is 5.69 Å². The normalized spacial score (nSPS) is 19.0. The van der Waals surface area contributed by atoms with Crippen LogP contribution in [0, 0.1) is 4.64 Å². The van der Waals surface area contributed by atoms with Gasteiger partial charge in [-0.25, -0.2) is 9.78 Å². The molecule has 2 aromatic rings. The van der Waals surface area contributed by atoms with Crippen molar-refractivity contribution in [2.75, 3.05) is 12.4 Å². The van der Waals surface area contributed by atoms with Crippen LogP contribution < -0.4 is 5.69 Å². The molecule has 3 rings (SSSR count). The second-order valence-electron chi connectivity index (χ2n) is 4.89. The minimum Gasteiger partial charge on any atom is -0.377 e. The van der Waals surface area contributed by atoms with E-state index in [0.717, 1.165) is 35.9 Å². The van der Waals surface area contributed by atoms with Gasteiger partial charge in [-0.3, -0.25) is 9.13 Å². The van der Waals surface area contributed by atoms with Crippen molar-refractivity contribution in [2.45, 2.75) is 24.1 Å². The number of aromatic amines is 1. The standard InChI is InChI=1S/C12H16N4O2S2/c1-15-9-8(10(19)16(2)12(15)17)13-11(14-9)20-6-7-4-3-5-18-7/h7H,3-6H2,1-2H3,(H,13,14)/t7-/m1/s1. The third-order valence-electron chi connectivity index (χ3n) is 3.50. The average Bonchev–Trinajstić information content (AvgIpc) is 3.09. The zero-order chi connectivity index (χ0) is 14.3. The van der Waals surface area contributed by atoms with E-state index in [1.165, 1.54) is 9.13 Å². The molecule has 1 N–H and O–H groups in total. The van der Waals surface area contributed by atoms with Crippen molar-refractivity contribution >= 4 is 35.1 Å². The number of imidazole rings is 1. The molecule has 0 aliphatic carbocycles. The number of nitrogens with one attached hydrogen (secondary N) is 1. The summed E-state index contributed by atoms with van der Waals surface area (Å²) in [6.45, 7) is 0.853. The molecule has 2 aromatic heterocycles. The van der Waals surface area contributed by atoms with E-state index in [1.807, 2.05) is 0 Å². The number of hydrogen-bond acceptors (Lipinski definition) is 5. The highest BCUT2D eigenvalue weighted by Crippen LogP contribution is 2.23. The number of rotatable bonds is 3. The van der Waals surface area contributed by atoms with Gasteiger partial charge in [-0.15, -0.1) is 0 Å². The maximum atomic E-state index is 12.0. The number of thioether (sulfide) groups is 1. The Hall–Kier alpha value is -1.12. The second kappa shape index (κ2) is 5.34. The summed E-state index contributed by atoms with van der Waals surface area (Å²) in [4.78, 5) is 19.6. The van der Waals surface area contributed by atoms with E-state index in [0.29, 0.717) is 16.4 Å². The smallest absolute Gasteiger partial charge is 0.330 e. The highest BCUT2D eigenvalue weighted by Gasteiger charge is 2.17. The molecule has 0 radical (unpaired) electrons. The summed E-state index contributed by atoms with van der Waals surface area (Å²) in [6.07, 6.45) is 2.54. The number of hydrogen-bond donors (Lipinski definition) is 1. The van der Waals surface area contributed by atoms with Crippen LogP contribution >= 0.6 is 24.0 Å². The molecule has 0 saturated carbocycles. The third-order valence-corrected chi connectivity index (χ3v) is 4.99. The van der Waals surface area contributed by atoms with Gasteiger partial charge in [0.2, 0.25) is 0 Å². The Balaban J connectivity index is 1.94. The first-order chi connectivity index (χ1) is 9.58. The molecule has 1 aliphatic rings. The predicted octanol–water partition coefficient (Wildman–Crippen LogP) is 1.60. The maximum Gasteiger partial charge on any atom is 0.330 e. The molecule has 0 bridgehead atoms. The number of fused-ring (bicyclic) bond motifs is 1. The van der Waals surface area contributed by atoms with Gasteiger partial charge in [-0.05, 0) is 12.8 Å². The van der Waals surface area contributed by atoms with Crippen LogP contribution in [0.2, 0.25) is 0 Å². The largest absolute Gasteiger partial charge is 0.377 e. The molecule has 1 aliphatic heterocycles. The highest BCUT2D eigenvalue weighted by atomic mass is 32.2. The summed E-state index contributed by atoms with van der Waals surface area (Å²) < 4.78 is 9.04. The van der Waals surface area contributed by atoms with Crippen LogP contribution in [0.3, 0.4) is 0 Å². The van der Waals surface area contributed by atoms with Gasteiger partial charge >= 0.3 is 5.69 Å². The van der Waals surface area contributed by atoms with Crippen LogP contribution in [0.4, 0.5) is 0 Å². The van der Waals surface area contributed by atoms with Gasteiger partial charge in [0, 0.05) is 26.5 Å². The molecule has 20 heavy (non-hydrogen) atoms. The quantitative estimate of drug-likeness (QED) is 0.689. The Morgan fingerprint density at radius 3 is 3.00 bits per heavy atom. The van der Waals surface area contributed by atoms with Gasteiger partial charge in [0.1, 0.15) is 10.2 Å². The van der Waals surface area contributed by atoms with Crippen LogP contribution in [0.1, 0.15) is 12.8 Å². The van der Waals surface area contributed by atoms with E-state index in [4.69, 9.17) is 17.0 Å². The summed E-state index contributed by atoms with van der Waals surface area (Å²) in [7, 11) is 3.37. The van der Waals surface area contributed by atoms with Crippen LogP contribution in [0.5, 0.6) is 0 Å². The predicted molar refractivity (Wildman–Crippen MR) is 80.8 cm³/mol. The monoisotopic (exact) mass is 312 g/mol. The Morgan fingerprint density at radius 1 is 1.50 bits per heavy atom. The molecule has 0 spiro atoms. The number of H-pyrrole nitrogens is 1. The van der Waals surface area contributed by atoms with Crippen molar-refractivity contribution in [2.24, 2.45) is 14.1 Å². The van der Waals surface area contributed by atoms with Crippen molar-refractivity contribution in [1.29, 1.82) is 0 Å². The van der Waals surface area contributed by atoms with Crippen molar-refractivity contribution in [3.8, 4) is 0 Å².